The van der Waals surface area contributed by atoms with Crippen LogP contribution in [0.2, 0.25) is 0 Å². The number of ether oxygens (including phenoxy) is 1. The zero-order chi connectivity index (χ0) is 24.8. The average molecular weight is 504 g/mol. The van der Waals surface area contributed by atoms with Crippen molar-refractivity contribution in [3.8, 4) is 0 Å². The van der Waals surface area contributed by atoms with Crippen LogP contribution in [0, 0.1) is 0 Å². The Bertz CT molecular complexity index is 1200. The molecule has 0 spiro atoms. The number of benzene rings is 2. The van der Waals surface area contributed by atoms with E-state index in [9.17, 15) is 18.3 Å². The lowest BCUT2D eigenvalue weighted by Gasteiger charge is -2.21. The molecule has 3 rings (SSSR count). The van der Waals surface area contributed by atoms with E-state index in [2.05, 4.69) is 15.0 Å². The van der Waals surface area contributed by atoms with Gasteiger partial charge < -0.3 is 9.84 Å². The van der Waals surface area contributed by atoms with Gasteiger partial charge >= 0.3 is 6.09 Å². The van der Waals surface area contributed by atoms with Crippen LogP contribution in [0.1, 0.15) is 48.4 Å². The molecule has 10 heteroatoms. The number of rotatable bonds is 9. The minimum atomic E-state index is -3.75. The van der Waals surface area contributed by atoms with Crippen LogP contribution in [0.3, 0.4) is 0 Å². The molecule has 1 heterocycles. The van der Waals surface area contributed by atoms with Crippen molar-refractivity contribution in [3.63, 3.8) is 0 Å². The van der Waals surface area contributed by atoms with Crippen molar-refractivity contribution in [3.05, 3.63) is 82.4 Å². The number of aromatic nitrogens is 1. The van der Waals surface area contributed by atoms with E-state index in [1.165, 1.54) is 6.20 Å². The van der Waals surface area contributed by atoms with Gasteiger partial charge in [0.05, 0.1) is 11.8 Å². The molecule has 0 fully saturated rings. The van der Waals surface area contributed by atoms with Crippen LogP contribution < -0.4 is 10.0 Å². The molecule has 0 aliphatic carbocycles. The van der Waals surface area contributed by atoms with Crippen LogP contribution in [0.5, 0.6) is 0 Å². The summed E-state index contributed by atoms with van der Waals surface area (Å²) in [6.45, 7) is 5.20. The van der Waals surface area contributed by atoms with Gasteiger partial charge in [0.15, 0.2) is 5.13 Å². The molecule has 1 unspecified atom stereocenters. The second kappa shape index (κ2) is 11.1. The van der Waals surface area contributed by atoms with Crippen molar-refractivity contribution in [2.24, 2.45) is 0 Å². The van der Waals surface area contributed by atoms with Gasteiger partial charge in [-0.05, 0) is 43.9 Å². The van der Waals surface area contributed by atoms with Gasteiger partial charge in [-0.15, -0.1) is 0 Å². The second-order valence-corrected chi connectivity index (χ2v) is 11.5. The summed E-state index contributed by atoms with van der Waals surface area (Å²) in [5, 5.41) is 12.4. The monoisotopic (exact) mass is 503 g/mol. The number of sulfonamides is 1. The van der Waals surface area contributed by atoms with Crippen LogP contribution in [-0.2, 0) is 26.9 Å². The Balaban J connectivity index is 1.92. The number of aliphatic hydroxyl groups excluding tert-OH is 1. The molecule has 1 atom stereocenters. The largest absolute Gasteiger partial charge is 0.444 e. The molecule has 0 aliphatic rings. The standard InChI is InChI=1S/C24H29N3O5S2/c1-24(2,3)32-23(29)26-22-25-15-20(33-22)21(19-12-8-7-11-18(19)13-14-28)27-34(30,31)16-17-9-5-4-6-10-17/h4-12,15,21,27-28H,13-14,16H2,1-3H3,(H,25,26,29). The van der Waals surface area contributed by atoms with Gasteiger partial charge in [-0.2, -0.15) is 0 Å². The summed E-state index contributed by atoms with van der Waals surface area (Å²) in [6.07, 6.45) is 1.26. The van der Waals surface area contributed by atoms with E-state index in [-0.39, 0.29) is 17.5 Å². The molecule has 3 N–H and O–H groups in total. The number of carbonyl (C=O) groups is 1. The van der Waals surface area contributed by atoms with E-state index in [0.717, 1.165) is 16.9 Å². The Kier molecular flexibility index (Phi) is 8.42. The quantitative estimate of drug-likeness (QED) is 0.402. The molecule has 34 heavy (non-hydrogen) atoms. The molecule has 0 saturated carbocycles. The molecular weight excluding hydrogens is 474 g/mol. The second-order valence-electron chi connectivity index (χ2n) is 8.66. The lowest BCUT2D eigenvalue weighted by molar-refractivity contribution is 0.0636. The molecule has 0 radical (unpaired) electrons. The Morgan fingerprint density at radius 1 is 1.12 bits per heavy atom. The molecule has 3 aromatic rings. The van der Waals surface area contributed by atoms with E-state index >= 15 is 0 Å². The first kappa shape index (κ1) is 25.8. The normalized spacial score (nSPS) is 12.8. The van der Waals surface area contributed by atoms with Crippen molar-refractivity contribution in [2.75, 3.05) is 11.9 Å². The Hall–Kier alpha value is -2.79. The first-order valence-electron chi connectivity index (χ1n) is 10.7. The predicted octanol–water partition coefficient (Wildman–Crippen LogP) is 4.23. The summed E-state index contributed by atoms with van der Waals surface area (Å²) in [5.41, 5.74) is 1.52. The maximum absolute atomic E-state index is 13.1. The fourth-order valence-electron chi connectivity index (χ4n) is 3.32. The number of nitrogens with zero attached hydrogens (tertiary/aromatic N) is 1. The first-order valence-corrected chi connectivity index (χ1v) is 13.2. The van der Waals surface area contributed by atoms with Crippen molar-refractivity contribution in [1.29, 1.82) is 0 Å². The van der Waals surface area contributed by atoms with Crippen LogP contribution in [0.15, 0.2) is 60.8 Å². The molecular formula is C24H29N3O5S2. The lowest BCUT2D eigenvalue weighted by atomic mass is 9.98. The summed E-state index contributed by atoms with van der Waals surface area (Å²) < 4.78 is 34.3. The predicted molar refractivity (Wildman–Crippen MR) is 133 cm³/mol. The summed E-state index contributed by atoms with van der Waals surface area (Å²) in [6, 6.07) is 15.5. The van der Waals surface area contributed by atoms with E-state index < -0.39 is 27.8 Å². The third-order valence-corrected chi connectivity index (χ3v) is 6.95. The van der Waals surface area contributed by atoms with Gasteiger partial charge in [0.2, 0.25) is 10.0 Å². The molecule has 1 amide bonds. The van der Waals surface area contributed by atoms with E-state index in [0.29, 0.717) is 22.4 Å². The smallest absolute Gasteiger partial charge is 0.413 e. The zero-order valence-corrected chi connectivity index (χ0v) is 20.9. The maximum atomic E-state index is 13.1. The van der Waals surface area contributed by atoms with Crippen LogP contribution in [0.25, 0.3) is 0 Å². The summed E-state index contributed by atoms with van der Waals surface area (Å²) in [4.78, 5) is 17.0. The number of nitrogens with one attached hydrogen (secondary N) is 2. The van der Waals surface area contributed by atoms with Crippen molar-refractivity contribution >= 4 is 32.6 Å². The van der Waals surface area contributed by atoms with Gasteiger partial charge in [0.1, 0.15) is 5.60 Å². The molecule has 0 bridgehead atoms. The summed E-state index contributed by atoms with van der Waals surface area (Å²) in [7, 11) is -3.75. The highest BCUT2D eigenvalue weighted by Crippen LogP contribution is 2.32. The molecule has 182 valence electrons. The number of hydrogen-bond acceptors (Lipinski definition) is 7. The SMILES string of the molecule is CC(C)(C)OC(=O)Nc1ncc(C(NS(=O)(=O)Cc2ccccc2)c2ccccc2CCO)s1. The molecule has 0 saturated heterocycles. The number of amides is 1. The number of hydrogen-bond donors (Lipinski definition) is 3. The van der Waals surface area contributed by atoms with Gasteiger partial charge in [-0.3, -0.25) is 5.32 Å². The minimum absolute atomic E-state index is 0.0748. The number of thiazole rings is 1. The van der Waals surface area contributed by atoms with E-state index in [4.69, 9.17) is 4.74 Å². The Morgan fingerprint density at radius 3 is 2.47 bits per heavy atom. The topological polar surface area (TPSA) is 118 Å². The minimum Gasteiger partial charge on any atom is -0.444 e. The maximum Gasteiger partial charge on any atom is 0.413 e. The van der Waals surface area contributed by atoms with Gasteiger partial charge in [-0.1, -0.05) is 65.9 Å². The highest BCUT2D eigenvalue weighted by molar-refractivity contribution is 7.88. The van der Waals surface area contributed by atoms with Crippen LogP contribution in [-0.4, -0.2) is 36.8 Å². The molecule has 8 nitrogen and oxygen atoms in total. The molecule has 2 aromatic carbocycles. The van der Waals surface area contributed by atoms with E-state index in [1.807, 2.05) is 30.3 Å². The fraction of sp³-hybridized carbons (Fsp3) is 0.333. The summed E-state index contributed by atoms with van der Waals surface area (Å²) in [5.74, 6) is -0.186. The van der Waals surface area contributed by atoms with Gasteiger partial charge in [0, 0.05) is 17.7 Å². The fourth-order valence-corrected chi connectivity index (χ4v) is 5.60. The van der Waals surface area contributed by atoms with Crippen molar-refractivity contribution < 1.29 is 23.1 Å². The highest BCUT2D eigenvalue weighted by atomic mass is 32.2. The Labute approximate surface area is 204 Å². The van der Waals surface area contributed by atoms with Gasteiger partial charge in [-0.25, -0.2) is 22.9 Å². The van der Waals surface area contributed by atoms with E-state index in [1.54, 1.807) is 45.0 Å². The third-order valence-electron chi connectivity index (χ3n) is 4.66. The molecule has 0 aliphatic heterocycles. The highest BCUT2D eigenvalue weighted by Gasteiger charge is 2.26. The number of carbonyl (C=O) groups excluding carboxylic acids is 1. The lowest BCUT2D eigenvalue weighted by Crippen LogP contribution is -2.30. The Morgan fingerprint density at radius 2 is 1.79 bits per heavy atom. The molecule has 1 aromatic heterocycles. The van der Waals surface area contributed by atoms with Crippen molar-refractivity contribution in [1.82, 2.24) is 9.71 Å². The average Bonchev–Trinajstić information content (AvgIpc) is 3.20. The van der Waals surface area contributed by atoms with Crippen LogP contribution in [0.4, 0.5) is 9.93 Å². The third kappa shape index (κ3) is 7.63. The van der Waals surface area contributed by atoms with Crippen LogP contribution >= 0.6 is 11.3 Å². The zero-order valence-electron chi connectivity index (χ0n) is 19.3. The number of aliphatic hydroxyl groups is 1. The van der Waals surface area contributed by atoms with Crippen molar-refractivity contribution in [2.45, 2.75) is 44.6 Å². The number of anilines is 1. The first-order chi connectivity index (χ1) is 16.1. The van der Waals surface area contributed by atoms with Gasteiger partial charge in [0.25, 0.3) is 0 Å². The summed E-state index contributed by atoms with van der Waals surface area (Å²) >= 11 is 1.15.